The Morgan fingerprint density at radius 3 is 2.39 bits per heavy atom. The van der Waals surface area contributed by atoms with Crippen molar-refractivity contribution in [3.05, 3.63) is 76.7 Å². The predicted molar refractivity (Wildman–Crippen MR) is 170 cm³/mol. The van der Waals surface area contributed by atoms with Crippen LogP contribution in [0.25, 0.3) is 22.0 Å². The van der Waals surface area contributed by atoms with Crippen LogP contribution in [-0.2, 0) is 20.7 Å². The molecular formula is C33H39N7O4. The van der Waals surface area contributed by atoms with Crippen LogP contribution in [0.5, 0.6) is 0 Å². The van der Waals surface area contributed by atoms with Crippen LogP contribution in [0.1, 0.15) is 31.2 Å². The number of benzene rings is 2. The normalized spacial score (nSPS) is 19.5. The van der Waals surface area contributed by atoms with Gasteiger partial charge in [-0.3, -0.25) is 24.6 Å². The van der Waals surface area contributed by atoms with Crippen molar-refractivity contribution in [1.82, 2.24) is 15.2 Å². The molecule has 1 aliphatic carbocycles. The van der Waals surface area contributed by atoms with E-state index < -0.39 is 11.9 Å². The second-order valence-corrected chi connectivity index (χ2v) is 11.8. The number of hydrogen-bond donors (Lipinski definition) is 4. The average Bonchev–Trinajstić information content (AvgIpc) is 3.45. The van der Waals surface area contributed by atoms with Gasteiger partial charge in [0.05, 0.1) is 35.8 Å². The van der Waals surface area contributed by atoms with E-state index in [1.54, 1.807) is 18.2 Å². The summed E-state index contributed by atoms with van der Waals surface area (Å²) in [5.74, 6) is 0.305. The number of aromatic nitrogens is 3. The minimum Gasteiger partial charge on any atom is -0.378 e. The SMILES string of the molecule is NCC1CCC(C(=O)N(C(=O)[C@@H](N)Cc2ccc(-c3ccc(N4CCOCC4)nc3)cc2)c2ccc3c(=O)[nH][nH]c3c2)CC1. The fraction of sp³-hybridized carbons (Fsp3) is 0.394. The molecule has 6 rings (SSSR count). The second-order valence-electron chi connectivity index (χ2n) is 11.8. The summed E-state index contributed by atoms with van der Waals surface area (Å²) in [6.45, 7) is 3.68. The number of fused-ring (bicyclic) bond motifs is 1. The first-order valence-electron chi connectivity index (χ1n) is 15.3. The average molecular weight is 598 g/mol. The predicted octanol–water partition coefficient (Wildman–Crippen LogP) is 2.95. The van der Waals surface area contributed by atoms with Crippen molar-refractivity contribution in [3.8, 4) is 11.1 Å². The first-order valence-corrected chi connectivity index (χ1v) is 15.3. The number of carbonyl (C=O) groups is 2. The summed E-state index contributed by atoms with van der Waals surface area (Å²) in [5, 5.41) is 5.82. The fourth-order valence-electron chi connectivity index (χ4n) is 6.23. The maximum absolute atomic E-state index is 13.9. The number of nitrogens with two attached hydrogens (primary N) is 2. The van der Waals surface area contributed by atoms with Crippen LogP contribution in [0.2, 0.25) is 0 Å². The first-order chi connectivity index (χ1) is 21.4. The molecule has 1 saturated heterocycles. The Balaban J connectivity index is 1.18. The van der Waals surface area contributed by atoms with E-state index in [-0.39, 0.29) is 23.8 Å². The minimum atomic E-state index is -0.944. The summed E-state index contributed by atoms with van der Waals surface area (Å²) in [7, 11) is 0. The van der Waals surface area contributed by atoms with Gasteiger partial charge in [-0.15, -0.1) is 0 Å². The Morgan fingerprint density at radius 2 is 1.70 bits per heavy atom. The van der Waals surface area contributed by atoms with Gasteiger partial charge in [0.1, 0.15) is 5.82 Å². The Labute approximate surface area is 255 Å². The van der Waals surface area contributed by atoms with Crippen molar-refractivity contribution in [1.29, 1.82) is 0 Å². The van der Waals surface area contributed by atoms with Crippen molar-refractivity contribution < 1.29 is 14.3 Å². The number of carbonyl (C=O) groups excluding carboxylic acids is 2. The number of ether oxygens (including phenoxy) is 1. The van der Waals surface area contributed by atoms with Gasteiger partial charge in [0.25, 0.3) is 11.5 Å². The zero-order chi connectivity index (χ0) is 30.6. The molecule has 2 aromatic heterocycles. The van der Waals surface area contributed by atoms with Crippen LogP contribution in [0.3, 0.4) is 0 Å². The number of anilines is 2. The smallest absolute Gasteiger partial charge is 0.271 e. The summed E-state index contributed by atoms with van der Waals surface area (Å²) >= 11 is 0. The molecule has 6 N–H and O–H groups in total. The maximum atomic E-state index is 13.9. The Morgan fingerprint density at radius 1 is 0.977 bits per heavy atom. The molecule has 2 aromatic carbocycles. The summed E-state index contributed by atoms with van der Waals surface area (Å²) < 4.78 is 5.43. The molecule has 0 spiro atoms. The third-order valence-electron chi connectivity index (χ3n) is 8.93. The summed E-state index contributed by atoms with van der Waals surface area (Å²) in [6.07, 6.45) is 5.18. The lowest BCUT2D eigenvalue weighted by molar-refractivity contribution is -0.130. The van der Waals surface area contributed by atoms with E-state index in [1.807, 2.05) is 36.5 Å². The molecule has 1 aliphatic heterocycles. The van der Waals surface area contributed by atoms with Crippen LogP contribution in [0, 0.1) is 11.8 Å². The van der Waals surface area contributed by atoms with Gasteiger partial charge in [0, 0.05) is 30.8 Å². The van der Waals surface area contributed by atoms with E-state index >= 15 is 0 Å². The van der Waals surface area contributed by atoms with Gasteiger partial charge in [0.2, 0.25) is 5.91 Å². The van der Waals surface area contributed by atoms with E-state index in [9.17, 15) is 14.4 Å². The number of aromatic amines is 2. The van der Waals surface area contributed by atoms with Gasteiger partial charge >= 0.3 is 0 Å². The Kier molecular flexibility index (Phi) is 8.87. The number of amides is 2. The molecule has 1 saturated carbocycles. The highest BCUT2D eigenvalue weighted by Gasteiger charge is 2.35. The summed E-state index contributed by atoms with van der Waals surface area (Å²) in [6, 6.07) is 15.9. The number of rotatable bonds is 8. The molecule has 0 radical (unpaired) electrons. The lowest BCUT2D eigenvalue weighted by Crippen LogP contribution is -2.50. The molecular weight excluding hydrogens is 558 g/mol. The first kappa shape index (κ1) is 29.7. The van der Waals surface area contributed by atoms with Crippen molar-refractivity contribution in [2.45, 2.75) is 38.1 Å². The number of imide groups is 1. The summed E-state index contributed by atoms with van der Waals surface area (Å²) in [4.78, 5) is 47.9. The highest BCUT2D eigenvalue weighted by molar-refractivity contribution is 6.17. The third kappa shape index (κ3) is 6.30. The molecule has 3 heterocycles. The molecule has 0 bridgehead atoms. The third-order valence-corrected chi connectivity index (χ3v) is 8.93. The largest absolute Gasteiger partial charge is 0.378 e. The van der Waals surface area contributed by atoms with Gasteiger partial charge in [-0.25, -0.2) is 9.88 Å². The lowest BCUT2D eigenvalue weighted by Gasteiger charge is -2.32. The van der Waals surface area contributed by atoms with Crippen molar-refractivity contribution >= 4 is 34.2 Å². The molecule has 2 aliphatic rings. The Hall–Kier alpha value is -4.32. The number of nitrogens with zero attached hydrogens (tertiary/aromatic N) is 3. The number of pyridine rings is 1. The maximum Gasteiger partial charge on any atom is 0.271 e. The van der Waals surface area contributed by atoms with Gasteiger partial charge in [-0.2, -0.15) is 0 Å². The van der Waals surface area contributed by atoms with Crippen molar-refractivity contribution in [2.24, 2.45) is 23.3 Å². The van der Waals surface area contributed by atoms with E-state index in [4.69, 9.17) is 16.2 Å². The van der Waals surface area contributed by atoms with E-state index in [0.29, 0.717) is 55.1 Å². The molecule has 44 heavy (non-hydrogen) atoms. The van der Waals surface area contributed by atoms with Crippen molar-refractivity contribution in [3.63, 3.8) is 0 Å². The van der Waals surface area contributed by atoms with Crippen LogP contribution in [0.4, 0.5) is 11.5 Å². The highest BCUT2D eigenvalue weighted by atomic mass is 16.5. The monoisotopic (exact) mass is 597 g/mol. The molecule has 2 fully saturated rings. The number of H-pyrrole nitrogens is 2. The van der Waals surface area contributed by atoms with E-state index in [0.717, 1.165) is 48.4 Å². The number of hydrogen-bond acceptors (Lipinski definition) is 8. The quantitative estimate of drug-likeness (QED) is 0.241. The molecule has 2 amide bonds. The molecule has 230 valence electrons. The van der Waals surface area contributed by atoms with Crippen LogP contribution >= 0.6 is 0 Å². The fourth-order valence-corrected chi connectivity index (χ4v) is 6.23. The van der Waals surface area contributed by atoms with Gasteiger partial charge < -0.3 is 21.1 Å². The van der Waals surface area contributed by atoms with Crippen LogP contribution in [0.15, 0.2) is 65.6 Å². The van der Waals surface area contributed by atoms with E-state index in [1.165, 1.54) is 4.90 Å². The molecule has 4 aromatic rings. The number of nitrogens with one attached hydrogen (secondary N) is 2. The zero-order valence-electron chi connectivity index (χ0n) is 24.7. The van der Waals surface area contributed by atoms with Crippen molar-refractivity contribution in [2.75, 3.05) is 42.6 Å². The highest BCUT2D eigenvalue weighted by Crippen LogP contribution is 2.32. The molecule has 11 nitrogen and oxygen atoms in total. The second kappa shape index (κ2) is 13.1. The molecule has 11 heteroatoms. The number of morpholine rings is 1. The van der Waals surface area contributed by atoms with Gasteiger partial charge in [-0.05, 0) is 86.0 Å². The lowest BCUT2D eigenvalue weighted by atomic mass is 9.81. The van der Waals surface area contributed by atoms with Gasteiger partial charge in [-0.1, -0.05) is 24.3 Å². The Bertz CT molecular complexity index is 1650. The topological polar surface area (TPSA) is 163 Å². The molecule has 0 unspecified atom stereocenters. The van der Waals surface area contributed by atoms with Crippen LogP contribution in [-0.4, -0.2) is 65.9 Å². The zero-order valence-corrected chi connectivity index (χ0v) is 24.7. The minimum absolute atomic E-state index is 0.262. The van der Waals surface area contributed by atoms with Gasteiger partial charge in [0.15, 0.2) is 0 Å². The van der Waals surface area contributed by atoms with E-state index in [2.05, 4.69) is 26.1 Å². The summed E-state index contributed by atoms with van der Waals surface area (Å²) in [5.41, 5.74) is 15.9. The standard InChI is InChI=1S/C33H39N7O4/c34-19-22-3-7-24(8-4-22)32(42)40(26-10-11-27-29(18-26)37-38-31(27)41)33(43)28(35)17-21-1-5-23(6-2-21)25-9-12-30(36-20-25)39-13-15-44-16-14-39/h1-2,5-6,9-12,18,20,22,24,28H,3-4,7-8,13-17,19,34-35H2,(H2,37,38,41)/t22?,24?,28-/m0/s1. The van der Waals surface area contributed by atoms with Crippen LogP contribution < -0.4 is 26.8 Å². The molecule has 1 atom stereocenters.